The van der Waals surface area contributed by atoms with Crippen LogP contribution in [0.15, 0.2) is 0 Å². The third-order valence-corrected chi connectivity index (χ3v) is 2.29. The zero-order valence-electron chi connectivity index (χ0n) is 10.5. The van der Waals surface area contributed by atoms with Crippen molar-refractivity contribution in [3.63, 3.8) is 0 Å². The van der Waals surface area contributed by atoms with Crippen LogP contribution in [-0.2, 0) is 14.2 Å². The molecule has 0 aromatic heterocycles. The molecule has 0 aromatic carbocycles. The van der Waals surface area contributed by atoms with E-state index < -0.39 is 0 Å². The molecule has 1 atom stereocenters. The molecule has 15 heavy (non-hydrogen) atoms. The van der Waals surface area contributed by atoms with Gasteiger partial charge in [-0.3, -0.25) is 0 Å². The summed E-state index contributed by atoms with van der Waals surface area (Å²) in [6.07, 6.45) is 4.91. The van der Waals surface area contributed by atoms with Crippen molar-refractivity contribution in [2.24, 2.45) is 0 Å². The number of hydrogen-bond donors (Lipinski definition) is 0. The van der Waals surface area contributed by atoms with E-state index in [4.69, 9.17) is 14.2 Å². The van der Waals surface area contributed by atoms with E-state index in [1.165, 1.54) is 12.8 Å². The average molecular weight is 218 g/mol. The molecule has 0 saturated carbocycles. The number of ether oxygens (including phenoxy) is 3. The van der Waals surface area contributed by atoms with Crippen LogP contribution in [0.25, 0.3) is 0 Å². The van der Waals surface area contributed by atoms with Crippen molar-refractivity contribution in [1.82, 2.24) is 0 Å². The molecular weight excluding hydrogens is 192 g/mol. The van der Waals surface area contributed by atoms with Crippen LogP contribution >= 0.6 is 0 Å². The summed E-state index contributed by atoms with van der Waals surface area (Å²) in [5, 5.41) is 0. The zero-order valence-corrected chi connectivity index (χ0v) is 10.5. The summed E-state index contributed by atoms with van der Waals surface area (Å²) < 4.78 is 16.0. The highest BCUT2D eigenvalue weighted by molar-refractivity contribution is 4.53. The highest BCUT2D eigenvalue weighted by Gasteiger charge is 2.05. The Morgan fingerprint density at radius 2 is 1.80 bits per heavy atom. The molecule has 0 aromatic rings. The van der Waals surface area contributed by atoms with Gasteiger partial charge in [0.15, 0.2) is 0 Å². The van der Waals surface area contributed by atoms with Crippen molar-refractivity contribution >= 4 is 0 Å². The van der Waals surface area contributed by atoms with Gasteiger partial charge in [-0.05, 0) is 12.8 Å². The molecule has 0 aliphatic rings. The van der Waals surface area contributed by atoms with E-state index in [2.05, 4.69) is 13.8 Å². The van der Waals surface area contributed by atoms with Gasteiger partial charge in [-0.25, -0.2) is 0 Å². The molecule has 1 unspecified atom stereocenters. The lowest BCUT2D eigenvalue weighted by Crippen LogP contribution is -2.20. The standard InChI is InChI=1S/C12H26O3/c1-4-6-7-8-15-12(5-2)11-14-10-9-13-3/h12H,4-11H2,1-3H3. The van der Waals surface area contributed by atoms with Gasteiger partial charge in [0.25, 0.3) is 0 Å². The molecule has 0 fully saturated rings. The summed E-state index contributed by atoms with van der Waals surface area (Å²) in [7, 11) is 1.68. The van der Waals surface area contributed by atoms with Crippen LogP contribution in [-0.4, -0.2) is 39.6 Å². The minimum absolute atomic E-state index is 0.249. The lowest BCUT2D eigenvalue weighted by molar-refractivity contribution is -0.0293. The average Bonchev–Trinajstić information content (AvgIpc) is 2.27. The maximum absolute atomic E-state index is 5.71. The summed E-state index contributed by atoms with van der Waals surface area (Å²) in [5.41, 5.74) is 0. The zero-order chi connectivity index (χ0) is 11.4. The van der Waals surface area contributed by atoms with Gasteiger partial charge in [0.05, 0.1) is 25.9 Å². The summed E-state index contributed by atoms with van der Waals surface area (Å²) in [5.74, 6) is 0. The first-order valence-corrected chi connectivity index (χ1v) is 6.03. The van der Waals surface area contributed by atoms with Gasteiger partial charge in [0.1, 0.15) is 0 Å². The molecule has 0 N–H and O–H groups in total. The first-order chi connectivity index (χ1) is 7.35. The molecule has 0 aliphatic heterocycles. The van der Waals surface area contributed by atoms with Gasteiger partial charge in [0, 0.05) is 13.7 Å². The Kier molecular flexibility index (Phi) is 11.9. The van der Waals surface area contributed by atoms with Crippen molar-refractivity contribution in [2.45, 2.75) is 45.6 Å². The van der Waals surface area contributed by atoms with Crippen molar-refractivity contribution in [3.8, 4) is 0 Å². The summed E-state index contributed by atoms with van der Waals surface area (Å²) in [6, 6.07) is 0. The Morgan fingerprint density at radius 1 is 1.00 bits per heavy atom. The Bertz CT molecular complexity index is 105. The SMILES string of the molecule is CCCCCOC(CC)COCCOC. The minimum Gasteiger partial charge on any atom is -0.382 e. The van der Waals surface area contributed by atoms with Crippen LogP contribution in [0.2, 0.25) is 0 Å². The first kappa shape index (κ1) is 14.9. The molecule has 92 valence electrons. The van der Waals surface area contributed by atoms with Gasteiger partial charge in [-0.1, -0.05) is 26.7 Å². The van der Waals surface area contributed by atoms with Gasteiger partial charge in [-0.15, -0.1) is 0 Å². The predicted octanol–water partition coefficient (Wildman–Crippen LogP) is 2.63. The second-order valence-corrected chi connectivity index (χ2v) is 3.68. The Hall–Kier alpha value is -0.120. The molecule has 3 nitrogen and oxygen atoms in total. The highest BCUT2D eigenvalue weighted by Crippen LogP contribution is 2.02. The molecule has 0 amide bonds. The van der Waals surface area contributed by atoms with E-state index >= 15 is 0 Å². The fourth-order valence-corrected chi connectivity index (χ4v) is 1.24. The largest absolute Gasteiger partial charge is 0.382 e. The van der Waals surface area contributed by atoms with E-state index in [1.54, 1.807) is 7.11 Å². The van der Waals surface area contributed by atoms with Gasteiger partial charge in [0.2, 0.25) is 0 Å². The van der Waals surface area contributed by atoms with Crippen molar-refractivity contribution in [2.75, 3.05) is 33.5 Å². The monoisotopic (exact) mass is 218 g/mol. The van der Waals surface area contributed by atoms with Gasteiger partial charge < -0.3 is 14.2 Å². The Labute approximate surface area is 94.1 Å². The van der Waals surface area contributed by atoms with Crippen LogP contribution in [0, 0.1) is 0 Å². The van der Waals surface area contributed by atoms with Crippen molar-refractivity contribution < 1.29 is 14.2 Å². The second-order valence-electron chi connectivity index (χ2n) is 3.68. The van der Waals surface area contributed by atoms with Crippen LogP contribution < -0.4 is 0 Å². The van der Waals surface area contributed by atoms with E-state index in [1.807, 2.05) is 0 Å². The number of rotatable bonds is 11. The predicted molar refractivity (Wildman–Crippen MR) is 62.3 cm³/mol. The van der Waals surface area contributed by atoms with E-state index in [0.717, 1.165) is 19.4 Å². The molecule has 0 radical (unpaired) electrons. The van der Waals surface area contributed by atoms with E-state index in [-0.39, 0.29) is 6.10 Å². The molecule has 0 bridgehead atoms. The fourth-order valence-electron chi connectivity index (χ4n) is 1.24. The quantitative estimate of drug-likeness (QED) is 0.499. The summed E-state index contributed by atoms with van der Waals surface area (Å²) in [4.78, 5) is 0. The van der Waals surface area contributed by atoms with Crippen LogP contribution in [0.5, 0.6) is 0 Å². The molecule has 0 spiro atoms. The Balaban J connectivity index is 3.29. The molecular formula is C12H26O3. The van der Waals surface area contributed by atoms with Crippen molar-refractivity contribution in [3.05, 3.63) is 0 Å². The Morgan fingerprint density at radius 3 is 2.40 bits per heavy atom. The fraction of sp³-hybridized carbons (Fsp3) is 1.00. The smallest absolute Gasteiger partial charge is 0.0805 e. The molecule has 0 rings (SSSR count). The third kappa shape index (κ3) is 10.2. The normalized spacial score (nSPS) is 13.0. The molecule has 0 aliphatic carbocycles. The maximum Gasteiger partial charge on any atom is 0.0805 e. The van der Waals surface area contributed by atoms with Crippen LogP contribution in [0.4, 0.5) is 0 Å². The van der Waals surface area contributed by atoms with Gasteiger partial charge >= 0.3 is 0 Å². The van der Waals surface area contributed by atoms with Crippen LogP contribution in [0.3, 0.4) is 0 Å². The van der Waals surface area contributed by atoms with E-state index in [9.17, 15) is 0 Å². The summed E-state index contributed by atoms with van der Waals surface area (Å²) >= 11 is 0. The highest BCUT2D eigenvalue weighted by atomic mass is 16.5. The van der Waals surface area contributed by atoms with Gasteiger partial charge in [-0.2, -0.15) is 0 Å². The van der Waals surface area contributed by atoms with E-state index in [0.29, 0.717) is 19.8 Å². The second kappa shape index (κ2) is 12.0. The lowest BCUT2D eigenvalue weighted by Gasteiger charge is -2.16. The first-order valence-electron chi connectivity index (χ1n) is 6.03. The molecule has 0 heterocycles. The number of unbranched alkanes of at least 4 members (excludes halogenated alkanes) is 2. The number of methoxy groups -OCH3 is 1. The van der Waals surface area contributed by atoms with Crippen molar-refractivity contribution in [1.29, 1.82) is 0 Å². The summed E-state index contributed by atoms with van der Waals surface area (Å²) in [6.45, 7) is 7.19. The molecule has 0 saturated heterocycles. The topological polar surface area (TPSA) is 27.7 Å². The number of hydrogen-bond acceptors (Lipinski definition) is 3. The minimum atomic E-state index is 0.249. The molecule has 3 heteroatoms. The van der Waals surface area contributed by atoms with Crippen LogP contribution in [0.1, 0.15) is 39.5 Å². The lowest BCUT2D eigenvalue weighted by atomic mass is 10.2. The third-order valence-electron chi connectivity index (χ3n) is 2.29. The maximum atomic E-state index is 5.71.